The van der Waals surface area contributed by atoms with Crippen LogP contribution in [0.3, 0.4) is 0 Å². The van der Waals surface area contributed by atoms with Crippen LogP contribution in [0.15, 0.2) is 18.2 Å². The Bertz CT molecular complexity index is 776. The van der Waals surface area contributed by atoms with E-state index in [2.05, 4.69) is 27.1 Å². The lowest BCUT2D eigenvalue weighted by Gasteiger charge is -2.36. The first kappa shape index (κ1) is 21.4. The number of likely N-dealkylation sites (tertiary alicyclic amines) is 1. The van der Waals surface area contributed by atoms with Crippen LogP contribution in [0.25, 0.3) is 0 Å². The highest BCUT2D eigenvalue weighted by molar-refractivity contribution is 6.31. The molecule has 1 aliphatic carbocycles. The SMILES string of the molecule is N#Cc1ccc(OC2CCC(NC(=O)C3CCC(N4CCCC4)NN3)CC2)cc1Cl. The number of nitriles is 1. The van der Waals surface area contributed by atoms with Crippen LogP contribution in [0.5, 0.6) is 5.75 Å². The zero-order valence-electron chi connectivity index (χ0n) is 17.2. The highest BCUT2D eigenvalue weighted by Gasteiger charge is 2.31. The molecule has 30 heavy (non-hydrogen) atoms. The van der Waals surface area contributed by atoms with Crippen molar-refractivity contribution in [1.82, 2.24) is 21.1 Å². The molecule has 8 heteroatoms. The van der Waals surface area contributed by atoms with Crippen molar-refractivity contribution in [2.45, 2.75) is 75.7 Å². The number of rotatable bonds is 5. The molecule has 3 aliphatic rings. The minimum absolute atomic E-state index is 0.0885. The van der Waals surface area contributed by atoms with Gasteiger partial charge in [-0.3, -0.25) is 9.69 Å². The topological polar surface area (TPSA) is 89.4 Å². The van der Waals surface area contributed by atoms with Gasteiger partial charge in [-0.25, -0.2) is 10.9 Å². The zero-order chi connectivity index (χ0) is 20.9. The van der Waals surface area contributed by atoms with Gasteiger partial charge in [-0.2, -0.15) is 5.26 Å². The lowest BCUT2D eigenvalue weighted by Crippen LogP contribution is -2.62. The van der Waals surface area contributed by atoms with E-state index < -0.39 is 0 Å². The van der Waals surface area contributed by atoms with Gasteiger partial charge in [-0.05, 0) is 76.6 Å². The molecule has 2 atom stereocenters. The van der Waals surface area contributed by atoms with E-state index in [0.29, 0.717) is 22.5 Å². The first-order valence-corrected chi connectivity index (χ1v) is 11.4. The maximum absolute atomic E-state index is 12.7. The Morgan fingerprint density at radius 2 is 1.90 bits per heavy atom. The minimum atomic E-state index is -0.168. The summed E-state index contributed by atoms with van der Waals surface area (Å²) in [5.74, 6) is 0.780. The van der Waals surface area contributed by atoms with E-state index in [1.165, 1.54) is 12.8 Å². The molecule has 1 aromatic carbocycles. The van der Waals surface area contributed by atoms with Crippen molar-refractivity contribution in [3.8, 4) is 11.8 Å². The molecular weight excluding hydrogens is 402 g/mol. The van der Waals surface area contributed by atoms with Crippen molar-refractivity contribution in [2.24, 2.45) is 0 Å². The molecule has 7 nitrogen and oxygen atoms in total. The fourth-order valence-electron chi connectivity index (χ4n) is 4.67. The molecule has 1 aromatic rings. The average Bonchev–Trinajstić information content (AvgIpc) is 3.30. The Kier molecular flexibility index (Phi) is 7.11. The molecule has 3 N–H and O–H groups in total. The smallest absolute Gasteiger partial charge is 0.238 e. The third-order valence-corrected chi connectivity index (χ3v) is 6.75. The van der Waals surface area contributed by atoms with Crippen LogP contribution in [-0.2, 0) is 4.79 Å². The number of ether oxygens (including phenoxy) is 1. The van der Waals surface area contributed by atoms with E-state index in [4.69, 9.17) is 21.6 Å². The fraction of sp³-hybridized carbons (Fsp3) is 0.636. The fourth-order valence-corrected chi connectivity index (χ4v) is 4.88. The Balaban J connectivity index is 1.18. The number of amides is 1. The van der Waals surface area contributed by atoms with E-state index in [0.717, 1.165) is 51.6 Å². The molecule has 2 heterocycles. The van der Waals surface area contributed by atoms with Crippen LogP contribution < -0.4 is 20.9 Å². The minimum Gasteiger partial charge on any atom is -0.490 e. The second-order valence-corrected chi connectivity index (χ2v) is 8.94. The molecule has 0 radical (unpaired) electrons. The zero-order valence-corrected chi connectivity index (χ0v) is 18.0. The van der Waals surface area contributed by atoms with Crippen molar-refractivity contribution in [3.05, 3.63) is 28.8 Å². The molecule has 2 unspecified atom stereocenters. The number of carbonyl (C=O) groups excluding carboxylic acids is 1. The molecule has 2 aliphatic heterocycles. The van der Waals surface area contributed by atoms with Crippen LogP contribution in [0.2, 0.25) is 5.02 Å². The second kappa shape index (κ2) is 9.97. The number of nitrogens with zero attached hydrogens (tertiary/aromatic N) is 2. The number of hydrogen-bond donors (Lipinski definition) is 3. The van der Waals surface area contributed by atoms with Gasteiger partial charge in [-0.1, -0.05) is 11.6 Å². The summed E-state index contributed by atoms with van der Waals surface area (Å²) in [5.41, 5.74) is 7.02. The largest absolute Gasteiger partial charge is 0.490 e. The molecule has 0 spiro atoms. The Morgan fingerprint density at radius 3 is 2.53 bits per heavy atom. The summed E-state index contributed by atoms with van der Waals surface area (Å²) in [6.07, 6.45) is 8.42. The van der Waals surface area contributed by atoms with E-state index in [1.807, 2.05) is 0 Å². The molecule has 1 amide bonds. The summed E-state index contributed by atoms with van der Waals surface area (Å²) in [5, 5.41) is 12.6. The third kappa shape index (κ3) is 5.25. The van der Waals surface area contributed by atoms with E-state index in [1.54, 1.807) is 18.2 Å². The van der Waals surface area contributed by atoms with Crippen LogP contribution in [0.4, 0.5) is 0 Å². The summed E-state index contributed by atoms with van der Waals surface area (Å²) in [7, 11) is 0. The lowest BCUT2D eigenvalue weighted by atomic mass is 9.92. The quantitative estimate of drug-likeness (QED) is 0.664. The van der Waals surface area contributed by atoms with Crippen molar-refractivity contribution >= 4 is 17.5 Å². The van der Waals surface area contributed by atoms with E-state index in [-0.39, 0.29) is 24.1 Å². The number of hydrazine groups is 1. The summed E-state index contributed by atoms with van der Waals surface area (Å²) in [4.78, 5) is 15.1. The number of carbonyl (C=O) groups is 1. The lowest BCUT2D eigenvalue weighted by molar-refractivity contribution is -0.125. The van der Waals surface area contributed by atoms with Gasteiger partial charge in [0.2, 0.25) is 5.91 Å². The summed E-state index contributed by atoms with van der Waals surface area (Å²) in [6, 6.07) is 7.25. The van der Waals surface area contributed by atoms with Crippen LogP contribution >= 0.6 is 11.6 Å². The van der Waals surface area contributed by atoms with Gasteiger partial charge in [0.1, 0.15) is 17.9 Å². The van der Waals surface area contributed by atoms with Crippen molar-refractivity contribution in [1.29, 1.82) is 5.26 Å². The van der Waals surface area contributed by atoms with Gasteiger partial charge in [0.25, 0.3) is 0 Å². The number of hydrogen-bond acceptors (Lipinski definition) is 6. The standard InChI is InChI=1S/C22H30ClN5O2/c23-19-13-18(6-3-15(19)14-24)30-17-7-4-16(5-8-17)25-22(29)20-9-10-21(27-26-20)28-11-1-2-12-28/h3,6,13,16-17,20-21,26-27H,1-2,4-5,7-12H2,(H,25,29). The predicted octanol–water partition coefficient (Wildman–Crippen LogP) is 2.70. The van der Waals surface area contributed by atoms with Gasteiger partial charge in [0.15, 0.2) is 0 Å². The average molecular weight is 432 g/mol. The number of benzene rings is 1. The second-order valence-electron chi connectivity index (χ2n) is 8.53. The van der Waals surface area contributed by atoms with E-state index >= 15 is 0 Å². The van der Waals surface area contributed by atoms with Gasteiger partial charge in [0, 0.05) is 12.1 Å². The maximum Gasteiger partial charge on any atom is 0.238 e. The highest BCUT2D eigenvalue weighted by Crippen LogP contribution is 2.27. The van der Waals surface area contributed by atoms with E-state index in [9.17, 15) is 4.79 Å². The highest BCUT2D eigenvalue weighted by atomic mass is 35.5. The monoisotopic (exact) mass is 431 g/mol. The van der Waals surface area contributed by atoms with Gasteiger partial charge < -0.3 is 10.1 Å². The van der Waals surface area contributed by atoms with Crippen LogP contribution in [0.1, 0.15) is 56.9 Å². The molecule has 0 bridgehead atoms. The van der Waals surface area contributed by atoms with Gasteiger partial charge in [-0.15, -0.1) is 0 Å². The first-order valence-electron chi connectivity index (χ1n) is 11.0. The summed E-state index contributed by atoms with van der Waals surface area (Å²) >= 11 is 6.08. The van der Waals surface area contributed by atoms with Gasteiger partial charge in [0.05, 0.1) is 22.9 Å². The summed E-state index contributed by atoms with van der Waals surface area (Å²) in [6.45, 7) is 2.30. The number of halogens is 1. The third-order valence-electron chi connectivity index (χ3n) is 6.44. The Labute approximate surface area is 183 Å². The van der Waals surface area contributed by atoms with Crippen molar-refractivity contribution in [2.75, 3.05) is 13.1 Å². The molecule has 1 saturated carbocycles. The van der Waals surface area contributed by atoms with Crippen LogP contribution in [0, 0.1) is 11.3 Å². The first-order chi connectivity index (χ1) is 14.6. The molecule has 4 rings (SSSR count). The predicted molar refractivity (Wildman–Crippen MR) is 115 cm³/mol. The molecule has 162 valence electrons. The Hall–Kier alpha value is -1.85. The molecule has 2 saturated heterocycles. The number of nitrogens with one attached hydrogen (secondary N) is 3. The normalized spacial score (nSPS) is 29.9. The van der Waals surface area contributed by atoms with Gasteiger partial charge >= 0.3 is 0 Å². The van der Waals surface area contributed by atoms with Crippen molar-refractivity contribution < 1.29 is 9.53 Å². The molecule has 0 aromatic heterocycles. The van der Waals surface area contributed by atoms with Crippen LogP contribution in [-0.4, -0.2) is 48.3 Å². The molecular formula is C22H30ClN5O2. The Morgan fingerprint density at radius 1 is 1.13 bits per heavy atom. The maximum atomic E-state index is 12.7. The molecule has 3 fully saturated rings. The van der Waals surface area contributed by atoms with Crippen molar-refractivity contribution in [3.63, 3.8) is 0 Å². The summed E-state index contributed by atoms with van der Waals surface area (Å²) < 4.78 is 6.03.